The zero-order valence-corrected chi connectivity index (χ0v) is 10.9. The van der Waals surface area contributed by atoms with E-state index in [9.17, 15) is 14.7 Å². The topological polar surface area (TPSA) is 90.7 Å². The summed E-state index contributed by atoms with van der Waals surface area (Å²) in [6.07, 6.45) is 2.17. The molecule has 96 valence electrons. The van der Waals surface area contributed by atoms with E-state index in [0.717, 1.165) is 4.90 Å². The molecule has 2 atom stereocenters. The van der Waals surface area contributed by atoms with Crippen LogP contribution in [0.3, 0.4) is 0 Å². The number of carbonyl (C=O) groups excluding carboxylic acids is 1. The Morgan fingerprint density at radius 1 is 1.44 bits per heavy atom. The Bertz CT molecular complexity index is 494. The summed E-state index contributed by atoms with van der Waals surface area (Å²) >= 11 is 3.20. The number of halogens is 1. The maximum Gasteiger partial charge on any atom is 0.326 e. The fourth-order valence-corrected chi connectivity index (χ4v) is 2.33. The van der Waals surface area contributed by atoms with E-state index in [-0.39, 0.29) is 13.0 Å². The zero-order valence-electron chi connectivity index (χ0n) is 9.28. The summed E-state index contributed by atoms with van der Waals surface area (Å²) in [5.41, 5.74) is 0.296. The molecular formula is C11H11BrN2O4. The van der Waals surface area contributed by atoms with Gasteiger partial charge in [0.2, 0.25) is 0 Å². The molecule has 2 rings (SSSR count). The van der Waals surface area contributed by atoms with Gasteiger partial charge < -0.3 is 15.1 Å². The lowest BCUT2D eigenvalue weighted by Crippen LogP contribution is -2.40. The van der Waals surface area contributed by atoms with Crippen molar-refractivity contribution in [2.75, 3.05) is 6.54 Å². The molecule has 1 aliphatic heterocycles. The van der Waals surface area contributed by atoms with Crippen molar-refractivity contribution in [3.05, 3.63) is 28.5 Å². The molecule has 7 heteroatoms. The summed E-state index contributed by atoms with van der Waals surface area (Å²) in [5, 5.41) is 18.5. The van der Waals surface area contributed by atoms with E-state index in [1.54, 1.807) is 6.07 Å². The first-order valence-corrected chi connectivity index (χ1v) is 6.10. The number of aromatic nitrogens is 1. The monoisotopic (exact) mass is 314 g/mol. The number of hydrogen-bond acceptors (Lipinski definition) is 4. The Morgan fingerprint density at radius 3 is 2.78 bits per heavy atom. The van der Waals surface area contributed by atoms with Gasteiger partial charge in [0.1, 0.15) is 6.04 Å². The minimum Gasteiger partial charge on any atom is -0.480 e. The van der Waals surface area contributed by atoms with Crippen molar-refractivity contribution in [2.45, 2.75) is 18.6 Å². The summed E-state index contributed by atoms with van der Waals surface area (Å²) in [6.45, 7) is 0.0301. The van der Waals surface area contributed by atoms with Crippen LogP contribution in [0.15, 0.2) is 22.9 Å². The van der Waals surface area contributed by atoms with E-state index in [1.807, 2.05) is 0 Å². The van der Waals surface area contributed by atoms with Crippen molar-refractivity contribution in [1.82, 2.24) is 9.88 Å². The summed E-state index contributed by atoms with van der Waals surface area (Å²) in [4.78, 5) is 28.2. The van der Waals surface area contributed by atoms with Crippen LogP contribution in [0.1, 0.15) is 16.8 Å². The predicted octanol–water partition coefficient (Wildman–Crippen LogP) is 0.504. The first-order chi connectivity index (χ1) is 8.49. The second-order valence-corrected chi connectivity index (χ2v) is 5.01. The average molecular weight is 315 g/mol. The van der Waals surface area contributed by atoms with Gasteiger partial charge in [0.15, 0.2) is 0 Å². The van der Waals surface area contributed by atoms with Gasteiger partial charge in [0, 0.05) is 29.8 Å². The van der Waals surface area contributed by atoms with E-state index < -0.39 is 24.0 Å². The quantitative estimate of drug-likeness (QED) is 0.829. The lowest BCUT2D eigenvalue weighted by molar-refractivity contribution is -0.141. The highest BCUT2D eigenvalue weighted by molar-refractivity contribution is 9.10. The maximum atomic E-state index is 12.2. The van der Waals surface area contributed by atoms with E-state index in [2.05, 4.69) is 20.9 Å². The van der Waals surface area contributed by atoms with Crippen LogP contribution < -0.4 is 0 Å². The molecule has 1 unspecified atom stereocenters. The van der Waals surface area contributed by atoms with Gasteiger partial charge in [-0.1, -0.05) is 0 Å². The average Bonchev–Trinajstić information content (AvgIpc) is 2.70. The number of aliphatic hydroxyl groups is 1. The highest BCUT2D eigenvalue weighted by atomic mass is 79.9. The summed E-state index contributed by atoms with van der Waals surface area (Å²) in [7, 11) is 0. The number of nitrogens with zero attached hydrogens (tertiary/aromatic N) is 2. The van der Waals surface area contributed by atoms with Crippen LogP contribution in [0.2, 0.25) is 0 Å². The van der Waals surface area contributed by atoms with Crippen molar-refractivity contribution in [1.29, 1.82) is 0 Å². The number of β-amino-alcohol motifs (C(OH)–C–C–N with tert-alkyl or cyclic N) is 1. The fraction of sp³-hybridized carbons (Fsp3) is 0.364. The van der Waals surface area contributed by atoms with Crippen LogP contribution in [0.25, 0.3) is 0 Å². The lowest BCUT2D eigenvalue weighted by atomic mass is 10.2. The molecule has 0 saturated carbocycles. The molecule has 1 aliphatic rings. The third-order valence-electron chi connectivity index (χ3n) is 2.78. The summed E-state index contributed by atoms with van der Waals surface area (Å²) in [5.74, 6) is -1.55. The van der Waals surface area contributed by atoms with Gasteiger partial charge >= 0.3 is 5.97 Å². The third-order valence-corrected chi connectivity index (χ3v) is 3.21. The molecule has 6 nitrogen and oxygen atoms in total. The van der Waals surface area contributed by atoms with Gasteiger partial charge in [-0.05, 0) is 22.0 Å². The Morgan fingerprint density at radius 2 is 2.17 bits per heavy atom. The van der Waals surface area contributed by atoms with Gasteiger partial charge in [0.25, 0.3) is 5.91 Å². The van der Waals surface area contributed by atoms with Gasteiger partial charge in [0.05, 0.1) is 11.7 Å². The first-order valence-electron chi connectivity index (χ1n) is 5.31. The molecule has 0 spiro atoms. The summed E-state index contributed by atoms with van der Waals surface area (Å²) < 4.78 is 0.639. The molecule has 2 heterocycles. The van der Waals surface area contributed by atoms with Crippen LogP contribution in [0.4, 0.5) is 0 Å². The highest BCUT2D eigenvalue weighted by Gasteiger charge is 2.39. The van der Waals surface area contributed by atoms with Crippen molar-refractivity contribution < 1.29 is 19.8 Å². The number of amides is 1. The number of aliphatic carboxylic acids is 1. The molecule has 1 aromatic heterocycles. The van der Waals surface area contributed by atoms with Crippen molar-refractivity contribution in [3.8, 4) is 0 Å². The maximum absolute atomic E-state index is 12.2. The molecule has 1 saturated heterocycles. The number of likely N-dealkylation sites (tertiary alicyclic amines) is 1. The smallest absolute Gasteiger partial charge is 0.326 e. The zero-order chi connectivity index (χ0) is 13.3. The number of aliphatic hydroxyl groups excluding tert-OH is 1. The van der Waals surface area contributed by atoms with E-state index >= 15 is 0 Å². The second-order valence-electron chi connectivity index (χ2n) is 4.09. The molecule has 1 fully saturated rings. The minimum atomic E-state index is -1.11. The van der Waals surface area contributed by atoms with E-state index in [0.29, 0.717) is 10.0 Å². The Labute approximate surface area is 111 Å². The highest BCUT2D eigenvalue weighted by Crippen LogP contribution is 2.21. The molecule has 2 N–H and O–H groups in total. The van der Waals surface area contributed by atoms with Gasteiger partial charge in [-0.25, -0.2) is 4.79 Å². The van der Waals surface area contributed by atoms with E-state index in [1.165, 1.54) is 12.4 Å². The molecule has 1 amide bonds. The lowest BCUT2D eigenvalue weighted by Gasteiger charge is -2.20. The molecular weight excluding hydrogens is 304 g/mol. The molecule has 18 heavy (non-hydrogen) atoms. The van der Waals surface area contributed by atoms with Gasteiger partial charge in [-0.3, -0.25) is 9.78 Å². The molecule has 0 bridgehead atoms. The van der Waals surface area contributed by atoms with Crippen molar-refractivity contribution in [2.24, 2.45) is 0 Å². The predicted molar refractivity (Wildman–Crippen MR) is 65.0 cm³/mol. The van der Waals surface area contributed by atoms with Crippen molar-refractivity contribution >= 4 is 27.8 Å². The molecule has 1 aromatic rings. The Kier molecular flexibility index (Phi) is 3.63. The van der Waals surface area contributed by atoms with Gasteiger partial charge in [-0.2, -0.15) is 0 Å². The SMILES string of the molecule is O=C(O)[C@@H]1CC(O)CN1C(=O)c1cncc(Br)c1. The molecule has 0 radical (unpaired) electrons. The second kappa shape index (κ2) is 5.03. The van der Waals surface area contributed by atoms with Crippen LogP contribution >= 0.6 is 15.9 Å². The standard InChI is InChI=1S/C11H11BrN2O4/c12-7-1-6(3-13-4-7)10(16)14-5-8(15)2-9(14)11(17)18/h1,3-4,8-9,15H,2,5H2,(H,17,18)/t8?,9-/m0/s1. The fourth-order valence-electron chi connectivity index (χ4n) is 1.97. The van der Waals surface area contributed by atoms with Crippen LogP contribution in [-0.4, -0.2) is 50.7 Å². The van der Waals surface area contributed by atoms with Crippen LogP contribution in [-0.2, 0) is 4.79 Å². The van der Waals surface area contributed by atoms with Gasteiger partial charge in [-0.15, -0.1) is 0 Å². The number of hydrogen-bond donors (Lipinski definition) is 2. The molecule has 0 aromatic carbocycles. The third kappa shape index (κ3) is 2.51. The van der Waals surface area contributed by atoms with Crippen LogP contribution in [0, 0.1) is 0 Å². The number of carboxylic acid groups (broad SMARTS) is 1. The minimum absolute atomic E-state index is 0.0301. The van der Waals surface area contributed by atoms with E-state index in [4.69, 9.17) is 5.11 Å². The number of carboxylic acids is 1. The first kappa shape index (κ1) is 13.0. The Balaban J connectivity index is 2.25. The normalized spacial score (nSPS) is 23.1. The van der Waals surface area contributed by atoms with Crippen molar-refractivity contribution in [3.63, 3.8) is 0 Å². The number of pyridine rings is 1. The Hall–Kier alpha value is -1.47. The van der Waals surface area contributed by atoms with Crippen LogP contribution in [0.5, 0.6) is 0 Å². The summed E-state index contributed by atoms with van der Waals surface area (Å²) in [6, 6.07) is 0.588. The molecule has 0 aliphatic carbocycles. The number of carbonyl (C=O) groups is 2. The number of rotatable bonds is 2. The largest absolute Gasteiger partial charge is 0.480 e.